The van der Waals surface area contributed by atoms with Crippen LogP contribution in [-0.2, 0) is 4.74 Å². The van der Waals surface area contributed by atoms with Crippen molar-refractivity contribution >= 4 is 33.5 Å². The molecule has 0 amide bonds. The summed E-state index contributed by atoms with van der Waals surface area (Å²) in [4.78, 5) is 19.7. The number of carbonyl (C=O) groups is 1. The molecule has 6 heteroatoms. The maximum absolute atomic E-state index is 11.5. The predicted molar refractivity (Wildman–Crippen MR) is 75.4 cm³/mol. The fourth-order valence-corrected chi connectivity index (χ4v) is 1.61. The molecule has 1 N–H and O–H groups in total. The van der Waals surface area contributed by atoms with E-state index in [1.165, 1.54) is 0 Å². The fourth-order valence-electron chi connectivity index (χ4n) is 1.41. The Bertz CT molecular complexity index is 555. The largest absolute Gasteiger partial charge is 0.462 e. The third-order valence-corrected chi connectivity index (χ3v) is 2.68. The van der Waals surface area contributed by atoms with Gasteiger partial charge in [-0.2, -0.15) is 0 Å². The Morgan fingerprint density at radius 1 is 1.26 bits per heavy atom. The number of rotatable bonds is 4. The molecule has 0 radical (unpaired) electrons. The first kappa shape index (κ1) is 13.5. The predicted octanol–water partition coefficient (Wildman–Crippen LogP) is 3.16. The van der Waals surface area contributed by atoms with E-state index in [9.17, 15) is 4.79 Å². The molecule has 0 atom stereocenters. The average Bonchev–Trinajstić information content (AvgIpc) is 2.42. The van der Waals surface area contributed by atoms with Crippen LogP contribution < -0.4 is 5.32 Å². The first-order valence-electron chi connectivity index (χ1n) is 5.71. The second-order valence-electron chi connectivity index (χ2n) is 3.65. The Balaban J connectivity index is 2.06. The van der Waals surface area contributed by atoms with Crippen molar-refractivity contribution < 1.29 is 9.53 Å². The van der Waals surface area contributed by atoms with Crippen LogP contribution in [0.4, 0.5) is 11.6 Å². The smallest absolute Gasteiger partial charge is 0.338 e. The zero-order valence-corrected chi connectivity index (χ0v) is 11.8. The van der Waals surface area contributed by atoms with Gasteiger partial charge < -0.3 is 10.1 Å². The molecule has 0 spiro atoms. The van der Waals surface area contributed by atoms with E-state index < -0.39 is 0 Å². The highest BCUT2D eigenvalue weighted by Gasteiger charge is 2.05. The minimum absolute atomic E-state index is 0.325. The maximum Gasteiger partial charge on any atom is 0.338 e. The van der Waals surface area contributed by atoms with Crippen molar-refractivity contribution in [3.63, 3.8) is 0 Å². The van der Waals surface area contributed by atoms with Gasteiger partial charge in [-0.05, 0) is 47.1 Å². The molecule has 0 saturated carbocycles. The SMILES string of the molecule is CCOC(=O)c1ccc(Nc2ncc(Br)cn2)cc1. The number of ether oxygens (including phenoxy) is 1. The first-order valence-corrected chi connectivity index (χ1v) is 6.50. The summed E-state index contributed by atoms with van der Waals surface area (Å²) < 4.78 is 5.73. The van der Waals surface area contributed by atoms with Gasteiger partial charge in [0.15, 0.2) is 0 Å². The standard InChI is InChI=1S/C13H12BrN3O2/c1-2-19-12(18)9-3-5-11(6-4-9)17-13-15-7-10(14)8-16-13/h3-8H,2H2,1H3,(H,15,16,17). The summed E-state index contributed by atoms with van der Waals surface area (Å²) in [5.41, 5.74) is 1.32. The van der Waals surface area contributed by atoms with Gasteiger partial charge in [0.1, 0.15) is 0 Å². The molecule has 1 heterocycles. The van der Waals surface area contributed by atoms with Crippen LogP contribution in [0.1, 0.15) is 17.3 Å². The molecule has 0 aliphatic heterocycles. The molecule has 19 heavy (non-hydrogen) atoms. The van der Waals surface area contributed by atoms with E-state index >= 15 is 0 Å². The number of nitrogens with zero attached hydrogens (tertiary/aromatic N) is 2. The molecule has 0 unspecified atom stereocenters. The van der Waals surface area contributed by atoms with Crippen LogP contribution in [0.3, 0.4) is 0 Å². The Kier molecular flexibility index (Phi) is 4.46. The van der Waals surface area contributed by atoms with Crippen molar-refractivity contribution in [2.75, 3.05) is 11.9 Å². The lowest BCUT2D eigenvalue weighted by atomic mass is 10.2. The van der Waals surface area contributed by atoms with Gasteiger partial charge in [-0.15, -0.1) is 0 Å². The minimum Gasteiger partial charge on any atom is -0.462 e. The van der Waals surface area contributed by atoms with Crippen LogP contribution in [0.2, 0.25) is 0 Å². The lowest BCUT2D eigenvalue weighted by Crippen LogP contribution is -2.04. The number of nitrogens with one attached hydrogen (secondary N) is 1. The molecule has 2 aromatic rings. The molecule has 0 aliphatic carbocycles. The van der Waals surface area contributed by atoms with E-state index in [2.05, 4.69) is 31.2 Å². The van der Waals surface area contributed by atoms with Crippen molar-refractivity contribution in [3.05, 3.63) is 46.7 Å². The summed E-state index contributed by atoms with van der Waals surface area (Å²) in [6, 6.07) is 6.94. The van der Waals surface area contributed by atoms with Crippen molar-refractivity contribution in [3.8, 4) is 0 Å². The normalized spacial score (nSPS) is 10.0. The van der Waals surface area contributed by atoms with Gasteiger partial charge >= 0.3 is 5.97 Å². The molecular formula is C13H12BrN3O2. The monoisotopic (exact) mass is 321 g/mol. The van der Waals surface area contributed by atoms with Crippen LogP contribution in [0, 0.1) is 0 Å². The lowest BCUT2D eigenvalue weighted by molar-refractivity contribution is 0.0526. The van der Waals surface area contributed by atoms with Crippen molar-refractivity contribution in [2.24, 2.45) is 0 Å². The second kappa shape index (κ2) is 6.29. The summed E-state index contributed by atoms with van der Waals surface area (Å²) in [6.45, 7) is 2.14. The number of carbonyl (C=O) groups excluding carboxylic acids is 1. The number of hydrogen-bond acceptors (Lipinski definition) is 5. The van der Waals surface area contributed by atoms with E-state index in [1.54, 1.807) is 43.6 Å². The molecule has 5 nitrogen and oxygen atoms in total. The van der Waals surface area contributed by atoms with Gasteiger partial charge in [0, 0.05) is 18.1 Å². The van der Waals surface area contributed by atoms with Crippen LogP contribution in [0.25, 0.3) is 0 Å². The molecule has 98 valence electrons. The summed E-state index contributed by atoms with van der Waals surface area (Å²) in [5.74, 6) is 0.168. The number of aromatic nitrogens is 2. The molecule has 0 fully saturated rings. The highest BCUT2D eigenvalue weighted by molar-refractivity contribution is 9.10. The highest BCUT2D eigenvalue weighted by atomic mass is 79.9. The third-order valence-electron chi connectivity index (χ3n) is 2.27. The Morgan fingerprint density at radius 2 is 1.89 bits per heavy atom. The number of esters is 1. The van der Waals surface area contributed by atoms with Crippen LogP contribution in [0.15, 0.2) is 41.1 Å². The van der Waals surface area contributed by atoms with E-state index in [-0.39, 0.29) is 5.97 Å². The molecule has 2 rings (SSSR count). The first-order chi connectivity index (χ1) is 9.19. The number of halogens is 1. The third kappa shape index (κ3) is 3.75. The maximum atomic E-state index is 11.5. The molecule has 0 bridgehead atoms. The van der Waals surface area contributed by atoms with Gasteiger partial charge in [-0.25, -0.2) is 14.8 Å². The van der Waals surface area contributed by atoms with E-state index in [0.29, 0.717) is 18.1 Å². The van der Waals surface area contributed by atoms with Crippen LogP contribution in [-0.4, -0.2) is 22.5 Å². The summed E-state index contributed by atoms with van der Waals surface area (Å²) in [7, 11) is 0. The highest BCUT2D eigenvalue weighted by Crippen LogP contribution is 2.15. The zero-order valence-electron chi connectivity index (χ0n) is 10.3. The number of benzene rings is 1. The number of anilines is 2. The topological polar surface area (TPSA) is 64.1 Å². The van der Waals surface area contributed by atoms with E-state index in [0.717, 1.165) is 10.2 Å². The Morgan fingerprint density at radius 3 is 2.47 bits per heavy atom. The minimum atomic E-state index is -0.325. The van der Waals surface area contributed by atoms with Gasteiger partial charge in [-0.3, -0.25) is 0 Å². The number of hydrogen-bond donors (Lipinski definition) is 1. The van der Waals surface area contributed by atoms with Gasteiger partial charge in [-0.1, -0.05) is 0 Å². The van der Waals surface area contributed by atoms with Crippen molar-refractivity contribution in [1.82, 2.24) is 9.97 Å². The molecule has 1 aromatic heterocycles. The van der Waals surface area contributed by atoms with Crippen LogP contribution >= 0.6 is 15.9 Å². The van der Waals surface area contributed by atoms with Crippen LogP contribution in [0.5, 0.6) is 0 Å². The van der Waals surface area contributed by atoms with E-state index in [4.69, 9.17) is 4.74 Å². The average molecular weight is 322 g/mol. The second-order valence-corrected chi connectivity index (χ2v) is 4.56. The summed E-state index contributed by atoms with van der Waals surface area (Å²) in [5, 5.41) is 3.03. The molecule has 0 saturated heterocycles. The van der Waals surface area contributed by atoms with E-state index in [1.807, 2.05) is 0 Å². The van der Waals surface area contributed by atoms with Gasteiger partial charge in [0.05, 0.1) is 16.6 Å². The van der Waals surface area contributed by atoms with Crippen molar-refractivity contribution in [2.45, 2.75) is 6.92 Å². The Labute approximate surface area is 119 Å². The molecule has 0 aliphatic rings. The van der Waals surface area contributed by atoms with Gasteiger partial charge in [0.25, 0.3) is 0 Å². The Hall–Kier alpha value is -1.95. The fraction of sp³-hybridized carbons (Fsp3) is 0.154. The van der Waals surface area contributed by atoms with Gasteiger partial charge in [0.2, 0.25) is 5.95 Å². The lowest BCUT2D eigenvalue weighted by Gasteiger charge is -2.05. The quantitative estimate of drug-likeness (QED) is 0.876. The zero-order chi connectivity index (χ0) is 13.7. The summed E-state index contributed by atoms with van der Waals surface area (Å²) >= 11 is 3.27. The summed E-state index contributed by atoms with van der Waals surface area (Å²) in [6.07, 6.45) is 3.31. The molecule has 1 aromatic carbocycles. The van der Waals surface area contributed by atoms with Crippen molar-refractivity contribution in [1.29, 1.82) is 0 Å². The molecular weight excluding hydrogens is 310 g/mol.